The lowest BCUT2D eigenvalue weighted by Crippen LogP contribution is -2.18. The van der Waals surface area contributed by atoms with E-state index < -0.39 is 0 Å². The van der Waals surface area contributed by atoms with E-state index in [9.17, 15) is 0 Å². The minimum absolute atomic E-state index is 0.231. The predicted molar refractivity (Wildman–Crippen MR) is 57.0 cm³/mol. The Labute approximate surface area is 85.5 Å². The first-order chi connectivity index (χ1) is 6.67. The van der Waals surface area contributed by atoms with Crippen molar-refractivity contribution >= 4 is 0 Å². The second-order valence-electron chi connectivity index (χ2n) is 3.64. The molecule has 4 nitrogen and oxygen atoms in total. The third-order valence-corrected chi connectivity index (χ3v) is 2.22. The molecule has 0 radical (unpaired) electrons. The lowest BCUT2D eigenvalue weighted by molar-refractivity contribution is 0.510. The zero-order valence-electron chi connectivity index (χ0n) is 9.32. The van der Waals surface area contributed by atoms with Gasteiger partial charge in [0.25, 0.3) is 0 Å². The highest BCUT2D eigenvalue weighted by Crippen LogP contribution is 2.02. The van der Waals surface area contributed by atoms with Crippen molar-refractivity contribution in [3.05, 3.63) is 11.6 Å². The van der Waals surface area contributed by atoms with Crippen LogP contribution in [-0.2, 0) is 19.4 Å². The summed E-state index contributed by atoms with van der Waals surface area (Å²) in [5.41, 5.74) is 5.71. The lowest BCUT2D eigenvalue weighted by atomic mass is 10.2. The maximum atomic E-state index is 5.71. The average Bonchev–Trinajstić information content (AvgIpc) is 2.57. The molecule has 0 bridgehead atoms. The summed E-state index contributed by atoms with van der Waals surface area (Å²) in [6.07, 6.45) is 2.80. The van der Waals surface area contributed by atoms with Gasteiger partial charge < -0.3 is 5.73 Å². The van der Waals surface area contributed by atoms with Crippen molar-refractivity contribution in [1.29, 1.82) is 0 Å². The summed E-state index contributed by atoms with van der Waals surface area (Å²) in [4.78, 5) is 4.44. The third-order valence-electron chi connectivity index (χ3n) is 2.22. The summed E-state index contributed by atoms with van der Waals surface area (Å²) < 4.78 is 1.99. The van der Waals surface area contributed by atoms with Gasteiger partial charge in [0.05, 0.1) is 0 Å². The molecule has 2 N–H and O–H groups in total. The third kappa shape index (κ3) is 2.80. The molecule has 1 heterocycles. The maximum Gasteiger partial charge on any atom is 0.150 e. The quantitative estimate of drug-likeness (QED) is 0.768. The van der Waals surface area contributed by atoms with Gasteiger partial charge in [-0.25, -0.2) is 9.67 Å². The van der Waals surface area contributed by atoms with Crippen molar-refractivity contribution in [3.63, 3.8) is 0 Å². The van der Waals surface area contributed by atoms with E-state index in [4.69, 9.17) is 5.73 Å². The molecule has 1 atom stereocenters. The van der Waals surface area contributed by atoms with Gasteiger partial charge in [-0.1, -0.05) is 13.8 Å². The molecule has 0 spiro atoms. The van der Waals surface area contributed by atoms with Gasteiger partial charge in [-0.15, -0.1) is 0 Å². The van der Waals surface area contributed by atoms with Crippen LogP contribution < -0.4 is 5.73 Å². The zero-order valence-corrected chi connectivity index (χ0v) is 9.32. The van der Waals surface area contributed by atoms with Gasteiger partial charge in [-0.2, -0.15) is 5.10 Å². The molecule has 0 aliphatic rings. The van der Waals surface area contributed by atoms with Crippen molar-refractivity contribution in [3.8, 4) is 0 Å². The number of hydrogen-bond donors (Lipinski definition) is 1. The number of nitrogens with two attached hydrogens (primary N) is 1. The number of aromatic nitrogens is 3. The summed E-state index contributed by atoms with van der Waals surface area (Å²) in [5.74, 6) is 2.01. The molecule has 80 valence electrons. The molecule has 0 aliphatic heterocycles. The van der Waals surface area contributed by atoms with E-state index >= 15 is 0 Å². The smallest absolute Gasteiger partial charge is 0.150 e. The maximum absolute atomic E-state index is 5.71. The van der Waals surface area contributed by atoms with Gasteiger partial charge in [0.2, 0.25) is 0 Å². The van der Waals surface area contributed by atoms with Crippen molar-refractivity contribution in [2.24, 2.45) is 5.73 Å². The number of rotatable bonds is 5. The van der Waals surface area contributed by atoms with E-state index in [1.165, 1.54) is 0 Å². The fourth-order valence-corrected chi connectivity index (χ4v) is 1.34. The molecule has 0 amide bonds. The van der Waals surface area contributed by atoms with Crippen LogP contribution in [0, 0.1) is 0 Å². The Kier molecular flexibility index (Phi) is 4.07. The fraction of sp³-hybridized carbons (Fsp3) is 0.800. The molecule has 0 aliphatic carbocycles. The first kappa shape index (κ1) is 11.2. The van der Waals surface area contributed by atoms with E-state index in [1.54, 1.807) is 0 Å². The summed E-state index contributed by atoms with van der Waals surface area (Å²) in [7, 11) is 0. The molecule has 1 unspecified atom stereocenters. The van der Waals surface area contributed by atoms with E-state index in [0.717, 1.165) is 37.5 Å². The SMILES string of the molecule is CCc1nc(CC)n(CCC(C)N)n1. The van der Waals surface area contributed by atoms with Gasteiger partial charge in [0.1, 0.15) is 5.82 Å². The van der Waals surface area contributed by atoms with E-state index in [0.29, 0.717) is 0 Å². The molecule has 14 heavy (non-hydrogen) atoms. The Morgan fingerprint density at radius 2 is 2.07 bits per heavy atom. The van der Waals surface area contributed by atoms with Crippen LogP contribution in [-0.4, -0.2) is 20.8 Å². The minimum atomic E-state index is 0.231. The molecule has 1 aromatic heterocycles. The Balaban J connectivity index is 2.68. The van der Waals surface area contributed by atoms with Crippen LogP contribution in [0.25, 0.3) is 0 Å². The first-order valence-corrected chi connectivity index (χ1v) is 5.35. The van der Waals surface area contributed by atoms with Crippen LogP contribution in [0.3, 0.4) is 0 Å². The largest absolute Gasteiger partial charge is 0.328 e. The van der Waals surface area contributed by atoms with E-state index in [1.807, 2.05) is 11.6 Å². The van der Waals surface area contributed by atoms with Gasteiger partial charge >= 0.3 is 0 Å². The number of nitrogens with zero attached hydrogens (tertiary/aromatic N) is 3. The van der Waals surface area contributed by atoms with E-state index in [2.05, 4.69) is 23.9 Å². The van der Waals surface area contributed by atoms with Crippen LogP contribution in [0.1, 0.15) is 38.8 Å². The molecule has 0 fully saturated rings. The molecular formula is C10H20N4. The second kappa shape index (κ2) is 5.10. The summed E-state index contributed by atoms with van der Waals surface area (Å²) in [5, 5.41) is 4.42. The van der Waals surface area contributed by atoms with Crippen LogP contribution in [0.2, 0.25) is 0 Å². The first-order valence-electron chi connectivity index (χ1n) is 5.35. The summed E-state index contributed by atoms with van der Waals surface area (Å²) in [6.45, 7) is 7.08. The Morgan fingerprint density at radius 3 is 2.57 bits per heavy atom. The van der Waals surface area contributed by atoms with Gasteiger partial charge in [-0.05, 0) is 13.3 Å². The topological polar surface area (TPSA) is 56.7 Å². The lowest BCUT2D eigenvalue weighted by Gasteiger charge is -2.06. The molecule has 0 saturated carbocycles. The normalized spacial score (nSPS) is 13.1. The van der Waals surface area contributed by atoms with E-state index in [-0.39, 0.29) is 6.04 Å². The minimum Gasteiger partial charge on any atom is -0.328 e. The number of aryl methyl sites for hydroxylation is 3. The van der Waals surface area contributed by atoms with Gasteiger partial charge in [0.15, 0.2) is 5.82 Å². The second-order valence-corrected chi connectivity index (χ2v) is 3.64. The van der Waals surface area contributed by atoms with Crippen molar-refractivity contribution < 1.29 is 0 Å². The molecule has 1 rings (SSSR count). The van der Waals surface area contributed by atoms with Crippen molar-refractivity contribution in [2.75, 3.05) is 0 Å². The predicted octanol–water partition coefficient (Wildman–Crippen LogP) is 1.14. The molecular weight excluding hydrogens is 176 g/mol. The van der Waals surface area contributed by atoms with Crippen LogP contribution in [0.15, 0.2) is 0 Å². The highest BCUT2D eigenvalue weighted by atomic mass is 15.3. The Bertz CT molecular complexity index is 278. The molecule has 4 heteroatoms. The average molecular weight is 196 g/mol. The monoisotopic (exact) mass is 196 g/mol. The summed E-state index contributed by atoms with van der Waals surface area (Å²) in [6, 6.07) is 0.231. The zero-order chi connectivity index (χ0) is 10.6. The molecule has 0 saturated heterocycles. The van der Waals surface area contributed by atoms with Gasteiger partial charge in [0, 0.05) is 25.4 Å². The summed E-state index contributed by atoms with van der Waals surface area (Å²) >= 11 is 0. The van der Waals surface area contributed by atoms with Crippen LogP contribution in [0.4, 0.5) is 0 Å². The highest BCUT2D eigenvalue weighted by Gasteiger charge is 2.06. The van der Waals surface area contributed by atoms with Crippen LogP contribution in [0.5, 0.6) is 0 Å². The fourth-order valence-electron chi connectivity index (χ4n) is 1.34. The highest BCUT2D eigenvalue weighted by molar-refractivity contribution is 4.92. The standard InChI is InChI=1S/C10H20N4/c1-4-9-12-10(5-2)14(13-9)7-6-8(3)11/h8H,4-7,11H2,1-3H3. The van der Waals surface area contributed by atoms with Crippen molar-refractivity contribution in [1.82, 2.24) is 14.8 Å². The molecule has 1 aromatic rings. The van der Waals surface area contributed by atoms with Crippen LogP contribution >= 0.6 is 0 Å². The molecule has 0 aromatic carbocycles. The van der Waals surface area contributed by atoms with Crippen molar-refractivity contribution in [2.45, 2.75) is 52.6 Å². The Morgan fingerprint density at radius 1 is 1.36 bits per heavy atom. The van der Waals surface area contributed by atoms with Gasteiger partial charge in [-0.3, -0.25) is 0 Å². The number of hydrogen-bond acceptors (Lipinski definition) is 3. The Hall–Kier alpha value is -0.900.